The van der Waals surface area contributed by atoms with Crippen molar-refractivity contribution in [1.29, 1.82) is 0 Å². The van der Waals surface area contributed by atoms with E-state index in [1.807, 2.05) is 55.6 Å². The Bertz CT molecular complexity index is 1100. The van der Waals surface area contributed by atoms with Gasteiger partial charge >= 0.3 is 0 Å². The van der Waals surface area contributed by atoms with E-state index < -0.39 is 0 Å². The van der Waals surface area contributed by atoms with Crippen molar-refractivity contribution in [3.05, 3.63) is 94.5 Å². The highest BCUT2D eigenvalue weighted by Gasteiger charge is 2.22. The Balaban J connectivity index is 1.68. The van der Waals surface area contributed by atoms with E-state index in [0.717, 1.165) is 22.0 Å². The highest BCUT2D eigenvalue weighted by Crippen LogP contribution is 2.34. The summed E-state index contributed by atoms with van der Waals surface area (Å²) in [6.45, 7) is 2.22. The molecule has 0 radical (unpaired) electrons. The summed E-state index contributed by atoms with van der Waals surface area (Å²) < 4.78 is 5.42. The first-order chi connectivity index (χ1) is 13.1. The van der Waals surface area contributed by atoms with Crippen molar-refractivity contribution in [3.63, 3.8) is 0 Å². The molecule has 4 aromatic rings. The number of nitrogens with one attached hydrogen (secondary N) is 2. The van der Waals surface area contributed by atoms with Gasteiger partial charge in [-0.3, -0.25) is 4.79 Å². The molecule has 4 rings (SSSR count). The van der Waals surface area contributed by atoms with Crippen molar-refractivity contribution in [2.24, 2.45) is 0 Å². The molecule has 2 aromatic heterocycles. The van der Waals surface area contributed by atoms with Gasteiger partial charge in [0.15, 0.2) is 5.76 Å². The number of aromatic nitrogens is 1. The summed E-state index contributed by atoms with van der Waals surface area (Å²) >= 11 is 6.48. The Kier molecular flexibility index (Phi) is 4.73. The Hall–Kier alpha value is -2.98. The maximum atomic E-state index is 12.5. The number of furan rings is 1. The Morgan fingerprint density at radius 1 is 1.07 bits per heavy atom. The van der Waals surface area contributed by atoms with Crippen LogP contribution in [0, 0.1) is 6.92 Å². The number of benzene rings is 2. The van der Waals surface area contributed by atoms with Crippen molar-refractivity contribution in [2.45, 2.75) is 12.8 Å². The van der Waals surface area contributed by atoms with Gasteiger partial charge in [0.1, 0.15) is 5.76 Å². The SMILES string of the molecule is Cc1ccc(C(=O)NC[C@H](c2ccccc2Cl)c2c[nH]c3ccccc23)o1. The zero-order chi connectivity index (χ0) is 18.8. The average Bonchev–Trinajstić information content (AvgIpc) is 3.30. The number of aryl methyl sites for hydroxylation is 1. The maximum Gasteiger partial charge on any atom is 0.287 e. The van der Waals surface area contributed by atoms with Gasteiger partial charge < -0.3 is 14.7 Å². The topological polar surface area (TPSA) is 58.0 Å². The standard InChI is InChI=1S/C22H19ClN2O2/c1-14-10-11-21(27-14)22(26)25-13-17(15-6-2-4-8-19(15)23)18-12-24-20-9-5-3-7-16(18)20/h2-12,17,24H,13H2,1H3,(H,25,26)/t17-/m1/s1. The van der Waals surface area contributed by atoms with E-state index in [0.29, 0.717) is 23.1 Å². The molecule has 2 heterocycles. The molecule has 0 aliphatic heterocycles. The van der Waals surface area contributed by atoms with Gasteiger partial charge in [0.25, 0.3) is 5.91 Å². The molecule has 1 atom stereocenters. The normalized spacial score (nSPS) is 12.2. The van der Waals surface area contributed by atoms with Crippen LogP contribution in [-0.4, -0.2) is 17.4 Å². The lowest BCUT2D eigenvalue weighted by Gasteiger charge is -2.19. The second-order valence-corrected chi connectivity index (χ2v) is 6.89. The van der Waals surface area contributed by atoms with E-state index in [4.69, 9.17) is 16.0 Å². The van der Waals surface area contributed by atoms with Gasteiger partial charge in [-0.25, -0.2) is 0 Å². The van der Waals surface area contributed by atoms with E-state index in [2.05, 4.69) is 16.4 Å². The fourth-order valence-electron chi connectivity index (χ4n) is 3.37. The predicted octanol–water partition coefficient (Wildman–Crippen LogP) is 5.28. The summed E-state index contributed by atoms with van der Waals surface area (Å²) in [4.78, 5) is 15.8. The van der Waals surface area contributed by atoms with Crippen LogP contribution in [0.3, 0.4) is 0 Å². The van der Waals surface area contributed by atoms with Crippen LogP contribution >= 0.6 is 11.6 Å². The third-order valence-electron chi connectivity index (χ3n) is 4.71. The number of aromatic amines is 1. The molecular weight excluding hydrogens is 360 g/mol. The van der Waals surface area contributed by atoms with Crippen LogP contribution in [0.15, 0.2) is 71.3 Å². The van der Waals surface area contributed by atoms with Gasteiger partial charge in [-0.05, 0) is 42.3 Å². The van der Waals surface area contributed by atoms with Crippen molar-refractivity contribution in [1.82, 2.24) is 10.3 Å². The van der Waals surface area contributed by atoms with Gasteiger partial charge in [0.05, 0.1) is 0 Å². The lowest BCUT2D eigenvalue weighted by Crippen LogP contribution is -2.28. The number of H-pyrrole nitrogens is 1. The van der Waals surface area contributed by atoms with Gasteiger partial charge in [0, 0.05) is 34.6 Å². The molecule has 1 amide bonds. The monoisotopic (exact) mass is 378 g/mol. The van der Waals surface area contributed by atoms with E-state index in [1.54, 1.807) is 12.1 Å². The minimum Gasteiger partial charge on any atom is -0.456 e. The summed E-state index contributed by atoms with van der Waals surface area (Å²) in [6.07, 6.45) is 1.99. The Morgan fingerprint density at radius 3 is 2.63 bits per heavy atom. The highest BCUT2D eigenvalue weighted by molar-refractivity contribution is 6.31. The summed E-state index contributed by atoms with van der Waals surface area (Å²) in [6, 6.07) is 19.3. The fourth-order valence-corrected chi connectivity index (χ4v) is 3.63. The molecule has 2 N–H and O–H groups in total. The third-order valence-corrected chi connectivity index (χ3v) is 5.05. The number of hydrogen-bond acceptors (Lipinski definition) is 2. The molecule has 136 valence electrons. The highest BCUT2D eigenvalue weighted by atomic mass is 35.5. The first kappa shape index (κ1) is 17.4. The van der Waals surface area contributed by atoms with Crippen LogP contribution in [0.1, 0.15) is 33.4 Å². The molecular formula is C22H19ClN2O2. The van der Waals surface area contributed by atoms with Crippen LogP contribution in [0.2, 0.25) is 5.02 Å². The summed E-state index contributed by atoms with van der Waals surface area (Å²) in [5, 5.41) is 4.78. The summed E-state index contributed by atoms with van der Waals surface area (Å²) in [5.74, 6) is 0.693. The van der Waals surface area contributed by atoms with E-state index in [1.165, 1.54) is 0 Å². The molecule has 5 heteroatoms. The van der Waals surface area contributed by atoms with Crippen molar-refractivity contribution >= 4 is 28.4 Å². The lowest BCUT2D eigenvalue weighted by atomic mass is 9.90. The molecule has 4 nitrogen and oxygen atoms in total. The zero-order valence-electron chi connectivity index (χ0n) is 14.8. The Labute approximate surface area is 162 Å². The van der Waals surface area contributed by atoms with Crippen LogP contribution in [0.25, 0.3) is 10.9 Å². The minimum atomic E-state index is -0.236. The maximum absolute atomic E-state index is 12.5. The number of fused-ring (bicyclic) bond motifs is 1. The molecule has 0 saturated carbocycles. The number of halogens is 1. The number of para-hydroxylation sites is 1. The van der Waals surface area contributed by atoms with Gasteiger partial charge in [-0.1, -0.05) is 48.0 Å². The molecule has 0 saturated heterocycles. The largest absolute Gasteiger partial charge is 0.456 e. The molecule has 0 bridgehead atoms. The molecule has 0 unspecified atom stereocenters. The van der Waals surface area contributed by atoms with Gasteiger partial charge in [-0.2, -0.15) is 0 Å². The van der Waals surface area contributed by atoms with Crippen LogP contribution in [-0.2, 0) is 0 Å². The Morgan fingerprint density at radius 2 is 1.85 bits per heavy atom. The quantitative estimate of drug-likeness (QED) is 0.496. The van der Waals surface area contributed by atoms with E-state index >= 15 is 0 Å². The minimum absolute atomic E-state index is 0.0881. The number of amides is 1. The molecule has 0 aliphatic carbocycles. The number of carbonyl (C=O) groups excluding carboxylic acids is 1. The summed E-state index contributed by atoms with van der Waals surface area (Å²) in [7, 11) is 0. The smallest absolute Gasteiger partial charge is 0.287 e. The fraction of sp³-hybridized carbons (Fsp3) is 0.136. The van der Waals surface area contributed by atoms with Crippen LogP contribution in [0.5, 0.6) is 0 Å². The van der Waals surface area contributed by atoms with Crippen LogP contribution < -0.4 is 5.32 Å². The molecule has 0 spiro atoms. The average molecular weight is 379 g/mol. The molecule has 27 heavy (non-hydrogen) atoms. The van der Waals surface area contributed by atoms with Crippen LogP contribution in [0.4, 0.5) is 0 Å². The first-order valence-electron chi connectivity index (χ1n) is 8.78. The third kappa shape index (κ3) is 3.49. The van der Waals surface area contributed by atoms with Crippen molar-refractivity contribution in [2.75, 3.05) is 6.54 Å². The van der Waals surface area contributed by atoms with Gasteiger partial charge in [-0.15, -0.1) is 0 Å². The van der Waals surface area contributed by atoms with E-state index in [-0.39, 0.29) is 11.8 Å². The van der Waals surface area contributed by atoms with Crippen molar-refractivity contribution in [3.8, 4) is 0 Å². The number of carbonyl (C=O) groups is 1. The molecule has 0 fully saturated rings. The van der Waals surface area contributed by atoms with E-state index in [9.17, 15) is 4.79 Å². The van der Waals surface area contributed by atoms with Gasteiger partial charge in [0.2, 0.25) is 0 Å². The summed E-state index contributed by atoms with van der Waals surface area (Å²) in [5.41, 5.74) is 3.12. The second-order valence-electron chi connectivity index (χ2n) is 6.48. The number of hydrogen-bond donors (Lipinski definition) is 2. The molecule has 0 aliphatic rings. The lowest BCUT2D eigenvalue weighted by molar-refractivity contribution is 0.0923. The zero-order valence-corrected chi connectivity index (χ0v) is 15.6. The van der Waals surface area contributed by atoms with Crippen molar-refractivity contribution < 1.29 is 9.21 Å². The second kappa shape index (κ2) is 7.33. The number of rotatable bonds is 5. The molecule has 2 aromatic carbocycles. The predicted molar refractivity (Wildman–Crippen MR) is 107 cm³/mol. The first-order valence-corrected chi connectivity index (χ1v) is 9.16.